The van der Waals surface area contributed by atoms with Gasteiger partial charge in [-0.1, -0.05) is 81.8 Å². The summed E-state index contributed by atoms with van der Waals surface area (Å²) in [4.78, 5) is 54.3. The normalized spacial score (nSPS) is 41.4. The topological polar surface area (TPSA) is 97.7 Å². The maximum Gasteiger partial charge on any atom is 0.306 e. The van der Waals surface area contributed by atoms with Gasteiger partial charge < -0.3 is 9.84 Å². The molecule has 6 rings (SSSR count). The molecule has 4 saturated carbocycles. The highest BCUT2D eigenvalue weighted by molar-refractivity contribution is 8.15. The maximum atomic E-state index is 17.8. The van der Waals surface area contributed by atoms with Crippen molar-refractivity contribution in [1.29, 1.82) is 0 Å². The number of carbonyl (C=O) groups excluding carboxylic acids is 4. The molecule has 0 heterocycles. The van der Waals surface area contributed by atoms with Crippen LogP contribution < -0.4 is 0 Å². The van der Waals surface area contributed by atoms with Crippen LogP contribution in [0.2, 0.25) is 0 Å². The Bertz CT molecular complexity index is 1490. The molecule has 0 saturated heterocycles. The third-order valence-corrected chi connectivity index (χ3v) is 13.7. The smallest absolute Gasteiger partial charge is 0.306 e. The number of alkyl halides is 2. The predicted octanol–water partition coefficient (Wildman–Crippen LogP) is 6.70. The first-order valence-electron chi connectivity index (χ1n) is 16.2. The number of hydrogen-bond acceptors (Lipinski definition) is 7. The Hall–Kier alpha value is -2.65. The molecule has 45 heavy (non-hydrogen) atoms. The largest absolute Gasteiger partial charge is 0.449 e. The highest BCUT2D eigenvalue weighted by atomic mass is 32.2. The zero-order valence-corrected chi connectivity index (χ0v) is 27.1. The number of aliphatic hydroxyl groups excluding tert-OH is 1. The van der Waals surface area contributed by atoms with Gasteiger partial charge in [-0.25, -0.2) is 8.78 Å². The zero-order chi connectivity index (χ0) is 32.6. The Morgan fingerprint density at radius 1 is 1.07 bits per heavy atom. The van der Waals surface area contributed by atoms with E-state index in [0.29, 0.717) is 18.4 Å². The standard InChI is InChI=1S/C36H42F2O6S/c1-5-29(41)44-36(31(43)45-34(14-9-10-15-34)30(42)22-11-7-6-8-12-22)21(2)17-24-25-19-27(37)26-18-23(39)13-16-32(26,3)35(25,38)28(40)20-33(24,36)4/h6-8,11-13,16,18,21,24-25,27-28,40H,5,9-10,14-15,17,19-20H2,1-4H3/t21-,24+,25+,27+,28+,32+,33+,35+,36+/m1/s1. The van der Waals surface area contributed by atoms with Crippen LogP contribution in [0.5, 0.6) is 0 Å². The molecular weight excluding hydrogens is 598 g/mol. The molecule has 0 spiro atoms. The summed E-state index contributed by atoms with van der Waals surface area (Å²) in [7, 11) is 0. The summed E-state index contributed by atoms with van der Waals surface area (Å²) >= 11 is 0.939. The number of aliphatic hydroxyl groups is 1. The second-order valence-electron chi connectivity index (χ2n) is 14.3. The number of rotatable bonds is 6. The van der Waals surface area contributed by atoms with E-state index in [1.54, 1.807) is 45.0 Å². The molecule has 1 N–H and O–H groups in total. The van der Waals surface area contributed by atoms with Crippen molar-refractivity contribution in [2.75, 3.05) is 0 Å². The molecule has 0 aliphatic heterocycles. The number of carbonyl (C=O) groups is 4. The van der Waals surface area contributed by atoms with E-state index < -0.39 is 73.7 Å². The van der Waals surface area contributed by atoms with Crippen LogP contribution in [0.15, 0.2) is 54.1 Å². The molecule has 1 aromatic carbocycles. The monoisotopic (exact) mass is 640 g/mol. The summed E-state index contributed by atoms with van der Waals surface area (Å²) in [6.07, 6.45) is 2.82. The summed E-state index contributed by atoms with van der Waals surface area (Å²) in [5, 5.41) is 11.4. The highest BCUT2D eigenvalue weighted by Crippen LogP contribution is 2.72. The van der Waals surface area contributed by atoms with Crippen molar-refractivity contribution < 1.29 is 37.8 Å². The molecule has 0 aromatic heterocycles. The quantitative estimate of drug-likeness (QED) is 0.273. The summed E-state index contributed by atoms with van der Waals surface area (Å²) in [5.74, 6) is -3.40. The molecule has 242 valence electrons. The van der Waals surface area contributed by atoms with Gasteiger partial charge in [0.25, 0.3) is 0 Å². The van der Waals surface area contributed by atoms with Crippen molar-refractivity contribution in [3.8, 4) is 0 Å². The van der Waals surface area contributed by atoms with Gasteiger partial charge in [-0.2, -0.15) is 0 Å². The molecule has 9 heteroatoms. The number of benzene rings is 1. The van der Waals surface area contributed by atoms with E-state index in [-0.39, 0.29) is 37.0 Å². The number of ketones is 2. The van der Waals surface area contributed by atoms with Crippen LogP contribution in [-0.4, -0.2) is 56.1 Å². The average Bonchev–Trinajstić information content (AvgIpc) is 3.57. The van der Waals surface area contributed by atoms with E-state index in [1.165, 1.54) is 19.1 Å². The lowest BCUT2D eigenvalue weighted by Gasteiger charge is -2.63. The van der Waals surface area contributed by atoms with Gasteiger partial charge in [0.15, 0.2) is 22.8 Å². The van der Waals surface area contributed by atoms with Gasteiger partial charge in [0.2, 0.25) is 5.12 Å². The molecule has 0 radical (unpaired) electrons. The Morgan fingerprint density at radius 2 is 1.73 bits per heavy atom. The zero-order valence-electron chi connectivity index (χ0n) is 26.3. The molecule has 5 aliphatic rings. The summed E-state index contributed by atoms with van der Waals surface area (Å²) < 4.78 is 38.9. The number of hydrogen-bond donors (Lipinski definition) is 1. The minimum absolute atomic E-state index is 0.00210. The van der Waals surface area contributed by atoms with Crippen molar-refractivity contribution in [3.63, 3.8) is 0 Å². The third-order valence-electron chi connectivity index (χ3n) is 12.2. The van der Waals surface area contributed by atoms with Crippen LogP contribution in [0.1, 0.15) is 89.4 Å². The predicted molar refractivity (Wildman–Crippen MR) is 167 cm³/mol. The van der Waals surface area contributed by atoms with E-state index in [4.69, 9.17) is 4.74 Å². The van der Waals surface area contributed by atoms with Crippen molar-refractivity contribution in [2.45, 2.75) is 107 Å². The lowest BCUT2D eigenvalue weighted by atomic mass is 9.44. The van der Waals surface area contributed by atoms with Gasteiger partial charge in [0.1, 0.15) is 6.17 Å². The van der Waals surface area contributed by atoms with E-state index in [9.17, 15) is 24.3 Å². The Kier molecular flexibility index (Phi) is 7.87. The van der Waals surface area contributed by atoms with Gasteiger partial charge in [0, 0.05) is 34.7 Å². The number of fused-ring (bicyclic) bond motifs is 5. The number of thioether (sulfide) groups is 1. The maximum absolute atomic E-state index is 17.8. The summed E-state index contributed by atoms with van der Waals surface area (Å²) in [6, 6.07) is 8.86. The molecule has 0 bridgehead atoms. The molecule has 1 aromatic rings. The molecule has 5 aliphatic carbocycles. The number of halogens is 2. The lowest BCUT2D eigenvalue weighted by molar-refractivity contribution is -0.228. The van der Waals surface area contributed by atoms with Gasteiger partial charge in [0.05, 0.1) is 10.9 Å². The van der Waals surface area contributed by atoms with E-state index >= 15 is 8.78 Å². The van der Waals surface area contributed by atoms with E-state index in [2.05, 4.69) is 0 Å². The summed E-state index contributed by atoms with van der Waals surface area (Å²) in [6.45, 7) is 6.74. The third kappa shape index (κ3) is 4.35. The van der Waals surface area contributed by atoms with Crippen molar-refractivity contribution in [1.82, 2.24) is 0 Å². The average molecular weight is 641 g/mol. The van der Waals surface area contributed by atoms with E-state index in [1.807, 2.05) is 6.07 Å². The molecule has 6 nitrogen and oxygen atoms in total. The van der Waals surface area contributed by atoms with Crippen LogP contribution in [0.25, 0.3) is 0 Å². The number of Topliss-reactive ketones (excluding diaryl/α,β-unsaturated/α-hetero) is 1. The van der Waals surface area contributed by atoms with Crippen molar-refractivity contribution in [3.05, 3.63) is 59.7 Å². The van der Waals surface area contributed by atoms with Crippen LogP contribution in [-0.2, 0) is 19.1 Å². The van der Waals surface area contributed by atoms with Crippen LogP contribution >= 0.6 is 11.8 Å². The van der Waals surface area contributed by atoms with Crippen LogP contribution in [0, 0.1) is 28.6 Å². The van der Waals surface area contributed by atoms with Crippen molar-refractivity contribution in [2.24, 2.45) is 28.6 Å². The van der Waals surface area contributed by atoms with Gasteiger partial charge in [-0.05, 0) is 62.7 Å². The fourth-order valence-corrected chi connectivity index (χ4v) is 11.6. The Labute approximate surface area is 267 Å². The molecular formula is C36H42F2O6S. The van der Waals surface area contributed by atoms with Crippen LogP contribution in [0.3, 0.4) is 0 Å². The SMILES string of the molecule is CCC(=O)O[C@]1(C(=O)SC2(C(=O)c3ccccc3)CCCC2)[C@H](C)C[C@H]2[C@@H]3C[C@H](F)C4=CC(=O)C=C[C@]4(C)[C@@]3(F)[C@@H](O)C[C@@]21C. The van der Waals surface area contributed by atoms with Gasteiger partial charge in [-0.15, -0.1) is 0 Å². The van der Waals surface area contributed by atoms with Gasteiger partial charge in [-0.3, -0.25) is 19.2 Å². The first kappa shape index (κ1) is 32.3. The fraction of sp³-hybridized carbons (Fsp3) is 0.611. The first-order chi connectivity index (χ1) is 21.2. The molecule has 4 fully saturated rings. The fourth-order valence-electron chi connectivity index (χ4n) is 9.90. The second-order valence-corrected chi connectivity index (χ2v) is 15.7. The lowest BCUT2D eigenvalue weighted by Crippen LogP contribution is -2.70. The minimum Gasteiger partial charge on any atom is -0.449 e. The number of allylic oxidation sites excluding steroid dienone is 4. The summed E-state index contributed by atoms with van der Waals surface area (Å²) in [5.41, 5.74) is -6.37. The molecule has 0 unspecified atom stereocenters. The van der Waals surface area contributed by atoms with Crippen molar-refractivity contribution >= 4 is 34.4 Å². The number of esters is 1. The Morgan fingerprint density at radius 3 is 2.38 bits per heavy atom. The number of ether oxygens (including phenoxy) is 1. The highest BCUT2D eigenvalue weighted by Gasteiger charge is 2.78. The van der Waals surface area contributed by atoms with Crippen LogP contribution in [0.4, 0.5) is 8.78 Å². The molecule has 0 amide bonds. The second kappa shape index (κ2) is 11.0. The van der Waals surface area contributed by atoms with Gasteiger partial charge >= 0.3 is 5.97 Å². The minimum atomic E-state index is -2.32. The molecule has 9 atom stereocenters. The first-order valence-corrected chi connectivity index (χ1v) is 17.0. The van der Waals surface area contributed by atoms with E-state index in [0.717, 1.165) is 30.7 Å². The Balaban J connectivity index is 1.44.